The topological polar surface area (TPSA) is 75.7 Å². The molecule has 3 rings (SSSR count). The molecule has 0 spiro atoms. The largest absolute Gasteiger partial charge is 0.376 e. The van der Waals surface area contributed by atoms with Gasteiger partial charge in [-0.3, -0.25) is 4.79 Å². The van der Waals surface area contributed by atoms with Crippen LogP contribution in [0.25, 0.3) is 0 Å². The molecule has 2 aliphatic rings. The van der Waals surface area contributed by atoms with Crippen LogP contribution in [0, 0.1) is 5.92 Å². The normalized spacial score (nSPS) is 29.3. The van der Waals surface area contributed by atoms with E-state index in [4.69, 9.17) is 4.74 Å². The molecule has 2 fully saturated rings. The molecule has 21 heavy (non-hydrogen) atoms. The van der Waals surface area contributed by atoms with Gasteiger partial charge >= 0.3 is 0 Å². The molecule has 2 heterocycles. The van der Waals surface area contributed by atoms with E-state index >= 15 is 0 Å². The van der Waals surface area contributed by atoms with Gasteiger partial charge in [0.15, 0.2) is 0 Å². The van der Waals surface area contributed by atoms with E-state index in [9.17, 15) is 13.2 Å². The molecule has 6 nitrogen and oxygen atoms in total. The summed E-state index contributed by atoms with van der Waals surface area (Å²) in [5.41, 5.74) is 0. The third kappa shape index (κ3) is 2.35. The maximum Gasteiger partial charge on any atom is 0.243 e. The summed E-state index contributed by atoms with van der Waals surface area (Å²) in [6.45, 7) is 0.663. The van der Waals surface area contributed by atoms with E-state index in [2.05, 4.69) is 5.32 Å². The first-order chi connectivity index (χ1) is 10.1. The summed E-state index contributed by atoms with van der Waals surface area (Å²) in [7, 11) is -2.04. The van der Waals surface area contributed by atoms with Crippen LogP contribution in [0.3, 0.4) is 0 Å². The van der Waals surface area contributed by atoms with Crippen LogP contribution in [0.1, 0.15) is 6.42 Å². The lowest BCUT2D eigenvalue weighted by Gasteiger charge is -2.21. The zero-order valence-electron chi connectivity index (χ0n) is 11.7. The fraction of sp³-hybridized carbons (Fsp3) is 0.500. The lowest BCUT2D eigenvalue weighted by molar-refractivity contribution is -0.127. The number of fused-ring (bicyclic) bond motifs is 1. The van der Waals surface area contributed by atoms with Crippen molar-refractivity contribution in [2.45, 2.75) is 23.5 Å². The summed E-state index contributed by atoms with van der Waals surface area (Å²) in [6.07, 6.45) is 0.285. The van der Waals surface area contributed by atoms with Gasteiger partial charge in [-0.05, 0) is 18.6 Å². The zero-order chi connectivity index (χ0) is 15.0. The Morgan fingerprint density at radius 1 is 1.33 bits per heavy atom. The van der Waals surface area contributed by atoms with Crippen LogP contribution in [0.5, 0.6) is 0 Å². The molecule has 0 bridgehead atoms. The summed E-state index contributed by atoms with van der Waals surface area (Å²) in [6, 6.07) is 8.07. The van der Waals surface area contributed by atoms with E-state index in [1.54, 1.807) is 37.4 Å². The third-order valence-electron chi connectivity index (χ3n) is 4.18. The van der Waals surface area contributed by atoms with Gasteiger partial charge in [-0.2, -0.15) is 4.31 Å². The van der Waals surface area contributed by atoms with Gasteiger partial charge in [0, 0.05) is 20.2 Å². The van der Waals surface area contributed by atoms with Crippen LogP contribution in [-0.2, 0) is 19.6 Å². The molecule has 2 aliphatic heterocycles. The van der Waals surface area contributed by atoms with Gasteiger partial charge in [0.1, 0.15) is 0 Å². The van der Waals surface area contributed by atoms with Crippen LogP contribution in [0.4, 0.5) is 0 Å². The highest BCUT2D eigenvalue weighted by molar-refractivity contribution is 7.89. The maximum absolute atomic E-state index is 12.8. The minimum absolute atomic E-state index is 0.169. The third-order valence-corrected chi connectivity index (χ3v) is 6.08. The second-order valence-electron chi connectivity index (χ2n) is 5.30. The molecule has 0 saturated carbocycles. The first-order valence-corrected chi connectivity index (χ1v) is 8.40. The van der Waals surface area contributed by atoms with E-state index in [1.807, 2.05) is 0 Å². The molecule has 0 radical (unpaired) electrons. The SMILES string of the molecule is CNC(=O)[C@@H]1CN(S(=O)(=O)c2ccccc2)[C@H]2CCO[C@@H]12. The molecule has 114 valence electrons. The predicted octanol–water partition coefficient (Wildman–Crippen LogP) is 0.211. The molecule has 1 aromatic rings. The number of benzene rings is 1. The van der Waals surface area contributed by atoms with Gasteiger partial charge in [-0.25, -0.2) is 8.42 Å². The average Bonchev–Trinajstić information content (AvgIpc) is 3.09. The number of ether oxygens (including phenoxy) is 1. The lowest BCUT2D eigenvalue weighted by Crippen LogP contribution is -2.37. The van der Waals surface area contributed by atoms with Crippen LogP contribution < -0.4 is 5.32 Å². The highest BCUT2D eigenvalue weighted by Crippen LogP contribution is 2.37. The van der Waals surface area contributed by atoms with Crippen LogP contribution in [0.2, 0.25) is 0 Å². The average molecular weight is 310 g/mol. The molecule has 3 atom stereocenters. The van der Waals surface area contributed by atoms with E-state index in [0.717, 1.165) is 0 Å². The van der Waals surface area contributed by atoms with E-state index in [1.165, 1.54) is 4.31 Å². The molecule has 1 aromatic carbocycles. The Hall–Kier alpha value is -1.44. The number of carbonyl (C=O) groups is 1. The smallest absolute Gasteiger partial charge is 0.243 e. The van der Waals surface area contributed by atoms with Gasteiger partial charge in [-0.15, -0.1) is 0 Å². The monoisotopic (exact) mass is 310 g/mol. The fourth-order valence-electron chi connectivity index (χ4n) is 3.15. The number of sulfonamides is 1. The second kappa shape index (κ2) is 5.40. The van der Waals surface area contributed by atoms with Crippen LogP contribution >= 0.6 is 0 Å². The van der Waals surface area contributed by atoms with Crippen molar-refractivity contribution >= 4 is 15.9 Å². The van der Waals surface area contributed by atoms with Crippen molar-refractivity contribution in [3.05, 3.63) is 30.3 Å². The number of nitrogens with zero attached hydrogens (tertiary/aromatic N) is 1. The number of nitrogens with one attached hydrogen (secondary N) is 1. The van der Waals surface area contributed by atoms with E-state index in [0.29, 0.717) is 13.0 Å². The van der Waals surface area contributed by atoms with Gasteiger partial charge in [0.2, 0.25) is 15.9 Å². The number of hydrogen-bond acceptors (Lipinski definition) is 4. The van der Waals surface area contributed by atoms with Crippen molar-refractivity contribution < 1.29 is 17.9 Å². The van der Waals surface area contributed by atoms with Crippen LogP contribution in [-0.4, -0.2) is 51.0 Å². The predicted molar refractivity (Wildman–Crippen MR) is 76.0 cm³/mol. The van der Waals surface area contributed by atoms with E-state index in [-0.39, 0.29) is 29.5 Å². The van der Waals surface area contributed by atoms with Gasteiger partial charge < -0.3 is 10.1 Å². The first-order valence-electron chi connectivity index (χ1n) is 6.96. The second-order valence-corrected chi connectivity index (χ2v) is 7.19. The molecule has 2 saturated heterocycles. The van der Waals surface area contributed by atoms with Gasteiger partial charge in [-0.1, -0.05) is 18.2 Å². The van der Waals surface area contributed by atoms with Crippen LogP contribution in [0.15, 0.2) is 35.2 Å². The minimum Gasteiger partial charge on any atom is -0.376 e. The van der Waals surface area contributed by atoms with E-state index < -0.39 is 15.9 Å². The molecule has 0 unspecified atom stereocenters. The Bertz CT molecular complexity index is 632. The summed E-state index contributed by atoms with van der Waals surface area (Å²) in [5, 5.41) is 2.59. The summed E-state index contributed by atoms with van der Waals surface area (Å²) in [4.78, 5) is 12.2. The Morgan fingerprint density at radius 3 is 2.71 bits per heavy atom. The lowest BCUT2D eigenvalue weighted by atomic mass is 10.0. The highest BCUT2D eigenvalue weighted by Gasteiger charge is 2.52. The molecule has 7 heteroatoms. The molecule has 1 amide bonds. The Morgan fingerprint density at radius 2 is 2.05 bits per heavy atom. The Balaban J connectivity index is 1.94. The summed E-state index contributed by atoms with van der Waals surface area (Å²) < 4.78 is 32.6. The Labute approximate surface area is 124 Å². The highest BCUT2D eigenvalue weighted by atomic mass is 32.2. The molecule has 0 aliphatic carbocycles. The number of rotatable bonds is 3. The molecule has 1 N–H and O–H groups in total. The summed E-state index contributed by atoms with van der Waals surface area (Å²) in [5.74, 6) is -0.612. The fourth-order valence-corrected chi connectivity index (χ4v) is 4.86. The van der Waals surface area contributed by atoms with Crippen molar-refractivity contribution in [1.29, 1.82) is 0 Å². The zero-order valence-corrected chi connectivity index (χ0v) is 12.5. The number of amides is 1. The van der Waals surface area contributed by atoms with Crippen molar-refractivity contribution in [2.75, 3.05) is 20.2 Å². The molecular weight excluding hydrogens is 292 g/mol. The van der Waals surface area contributed by atoms with Crippen molar-refractivity contribution in [3.8, 4) is 0 Å². The van der Waals surface area contributed by atoms with Crippen molar-refractivity contribution in [1.82, 2.24) is 9.62 Å². The molecule has 0 aromatic heterocycles. The quantitative estimate of drug-likeness (QED) is 0.866. The Kier molecular flexibility index (Phi) is 3.73. The number of carbonyl (C=O) groups excluding carboxylic acids is 1. The van der Waals surface area contributed by atoms with Gasteiger partial charge in [0.25, 0.3) is 0 Å². The summed E-state index contributed by atoms with van der Waals surface area (Å²) >= 11 is 0. The maximum atomic E-state index is 12.8. The minimum atomic E-state index is -3.59. The van der Waals surface area contributed by atoms with Gasteiger partial charge in [0.05, 0.1) is 23.0 Å². The number of hydrogen-bond donors (Lipinski definition) is 1. The molecular formula is C14H18N2O4S. The van der Waals surface area contributed by atoms with Crippen molar-refractivity contribution in [3.63, 3.8) is 0 Å². The first kappa shape index (κ1) is 14.5. The van der Waals surface area contributed by atoms with Crippen molar-refractivity contribution in [2.24, 2.45) is 5.92 Å². The standard InChI is InChI=1S/C14H18N2O4S/c1-15-14(17)11-9-16(12-7-8-20-13(11)12)21(18,19)10-5-3-2-4-6-10/h2-6,11-13H,7-9H2,1H3,(H,15,17)/t11-,12+,13+/m1/s1.